The van der Waals surface area contributed by atoms with Gasteiger partial charge >= 0.3 is 5.97 Å². The van der Waals surface area contributed by atoms with Crippen LogP contribution in [0, 0.1) is 5.82 Å². The molecule has 0 aliphatic rings. The van der Waals surface area contributed by atoms with Crippen LogP contribution in [0.15, 0.2) is 18.2 Å². The second-order valence-electron chi connectivity index (χ2n) is 3.53. The summed E-state index contributed by atoms with van der Waals surface area (Å²) in [7, 11) is 1.38. The van der Waals surface area contributed by atoms with Gasteiger partial charge in [-0.05, 0) is 18.2 Å². The highest BCUT2D eigenvalue weighted by Crippen LogP contribution is 2.19. The molecule has 0 aromatic heterocycles. The summed E-state index contributed by atoms with van der Waals surface area (Å²) in [5, 5.41) is 17.9. The van der Waals surface area contributed by atoms with Crippen molar-refractivity contribution in [1.82, 2.24) is 4.90 Å². The molecular weight excluding hydrogens is 229 g/mol. The molecule has 0 fully saturated rings. The molecule has 0 bridgehead atoms. The number of halogens is 1. The molecule has 1 aromatic carbocycles. The van der Waals surface area contributed by atoms with Crippen molar-refractivity contribution in [3.05, 3.63) is 29.6 Å². The van der Waals surface area contributed by atoms with Crippen molar-refractivity contribution in [2.24, 2.45) is 0 Å². The van der Waals surface area contributed by atoms with Crippen LogP contribution in [0.4, 0.5) is 4.39 Å². The van der Waals surface area contributed by atoms with Crippen molar-refractivity contribution in [3.8, 4) is 5.75 Å². The Balaban J connectivity index is 2.81. The van der Waals surface area contributed by atoms with E-state index < -0.39 is 17.7 Å². The standard InChI is InChI=1S/C11H12FNO4/c1-13(5-4-10(15)16)11(17)8-6-7(12)2-3-9(8)14/h2-3,6,14H,4-5H2,1H3,(H,15,16). The number of phenols is 1. The normalized spacial score (nSPS) is 10.0. The monoisotopic (exact) mass is 241 g/mol. The molecule has 17 heavy (non-hydrogen) atoms. The zero-order valence-electron chi connectivity index (χ0n) is 9.18. The number of amides is 1. The molecule has 1 rings (SSSR count). The number of benzene rings is 1. The first kappa shape index (κ1) is 13.0. The van der Waals surface area contributed by atoms with Crippen LogP contribution in [0.25, 0.3) is 0 Å². The van der Waals surface area contributed by atoms with E-state index in [4.69, 9.17) is 5.11 Å². The molecule has 0 saturated carbocycles. The first-order valence-electron chi connectivity index (χ1n) is 4.87. The highest BCUT2D eigenvalue weighted by Gasteiger charge is 2.17. The number of aromatic hydroxyl groups is 1. The Bertz CT molecular complexity index is 447. The molecule has 1 aromatic rings. The third-order valence-electron chi connectivity index (χ3n) is 2.20. The van der Waals surface area contributed by atoms with E-state index in [0.717, 1.165) is 23.1 Å². The number of phenolic OH excluding ortho intramolecular Hbond substituents is 1. The van der Waals surface area contributed by atoms with Gasteiger partial charge in [0.1, 0.15) is 11.6 Å². The third-order valence-corrected chi connectivity index (χ3v) is 2.20. The molecule has 1 amide bonds. The Morgan fingerprint density at radius 2 is 2.06 bits per heavy atom. The molecule has 92 valence electrons. The lowest BCUT2D eigenvalue weighted by Gasteiger charge is -2.16. The van der Waals surface area contributed by atoms with Crippen LogP contribution in [0.2, 0.25) is 0 Å². The van der Waals surface area contributed by atoms with Crippen molar-refractivity contribution >= 4 is 11.9 Å². The lowest BCUT2D eigenvalue weighted by Crippen LogP contribution is -2.29. The van der Waals surface area contributed by atoms with Crippen molar-refractivity contribution in [1.29, 1.82) is 0 Å². The highest BCUT2D eigenvalue weighted by molar-refractivity contribution is 5.96. The molecular formula is C11H12FNO4. The fourth-order valence-electron chi connectivity index (χ4n) is 1.25. The average molecular weight is 241 g/mol. The van der Waals surface area contributed by atoms with Gasteiger partial charge in [-0.1, -0.05) is 0 Å². The van der Waals surface area contributed by atoms with Crippen molar-refractivity contribution in [2.75, 3.05) is 13.6 Å². The number of nitrogens with zero attached hydrogens (tertiary/aromatic N) is 1. The molecule has 2 N–H and O–H groups in total. The molecule has 0 unspecified atom stereocenters. The summed E-state index contributed by atoms with van der Waals surface area (Å²) in [4.78, 5) is 23.2. The lowest BCUT2D eigenvalue weighted by atomic mass is 10.1. The third kappa shape index (κ3) is 3.44. The summed E-state index contributed by atoms with van der Waals surface area (Å²) in [6.07, 6.45) is -0.210. The predicted molar refractivity (Wildman–Crippen MR) is 57.3 cm³/mol. The highest BCUT2D eigenvalue weighted by atomic mass is 19.1. The van der Waals surface area contributed by atoms with E-state index in [1.807, 2.05) is 0 Å². The molecule has 0 atom stereocenters. The summed E-state index contributed by atoms with van der Waals surface area (Å²) in [6.45, 7) is -0.00980. The van der Waals surface area contributed by atoms with E-state index in [2.05, 4.69) is 0 Å². The minimum atomic E-state index is -1.03. The number of aliphatic carboxylic acids is 1. The second kappa shape index (κ2) is 5.29. The van der Waals surface area contributed by atoms with Crippen LogP contribution in [0.5, 0.6) is 5.75 Å². The quantitative estimate of drug-likeness (QED) is 0.826. The van der Waals surface area contributed by atoms with Gasteiger partial charge in [-0.15, -0.1) is 0 Å². The van der Waals surface area contributed by atoms with Crippen molar-refractivity contribution in [2.45, 2.75) is 6.42 Å². The van der Waals surface area contributed by atoms with Crippen molar-refractivity contribution < 1.29 is 24.2 Å². The fourth-order valence-corrected chi connectivity index (χ4v) is 1.25. The molecule has 0 aliphatic heterocycles. The van der Waals surface area contributed by atoms with Crippen LogP contribution in [0.1, 0.15) is 16.8 Å². The summed E-state index contributed by atoms with van der Waals surface area (Å²) in [6, 6.07) is 3.02. The SMILES string of the molecule is CN(CCC(=O)O)C(=O)c1cc(F)ccc1O. The fraction of sp³-hybridized carbons (Fsp3) is 0.273. The molecule has 0 spiro atoms. The van der Waals surface area contributed by atoms with Crippen LogP contribution < -0.4 is 0 Å². The first-order valence-corrected chi connectivity index (χ1v) is 4.87. The lowest BCUT2D eigenvalue weighted by molar-refractivity contribution is -0.137. The Labute approximate surface area is 97.1 Å². The Hall–Kier alpha value is -2.11. The molecule has 0 aliphatic carbocycles. The van der Waals surface area contributed by atoms with E-state index >= 15 is 0 Å². The number of carbonyl (C=O) groups excluding carboxylic acids is 1. The second-order valence-corrected chi connectivity index (χ2v) is 3.53. The van der Waals surface area contributed by atoms with Crippen LogP contribution in [-0.2, 0) is 4.79 Å². The number of carboxylic acid groups (broad SMARTS) is 1. The van der Waals surface area contributed by atoms with Gasteiger partial charge in [-0.3, -0.25) is 9.59 Å². The number of hydrogen-bond acceptors (Lipinski definition) is 3. The van der Waals surface area contributed by atoms with E-state index in [1.165, 1.54) is 7.05 Å². The minimum absolute atomic E-state index is 0.00980. The van der Waals surface area contributed by atoms with E-state index in [1.54, 1.807) is 0 Å². The van der Waals surface area contributed by atoms with Gasteiger partial charge in [0.15, 0.2) is 0 Å². The van der Waals surface area contributed by atoms with Gasteiger partial charge in [-0.25, -0.2) is 4.39 Å². The maximum absolute atomic E-state index is 12.9. The van der Waals surface area contributed by atoms with Gasteiger partial charge in [0, 0.05) is 13.6 Å². The summed E-state index contributed by atoms with van der Waals surface area (Å²) in [5.74, 6) is -2.63. The van der Waals surface area contributed by atoms with Gasteiger partial charge in [0.2, 0.25) is 0 Å². The first-order chi connectivity index (χ1) is 7.91. The Morgan fingerprint density at radius 1 is 1.41 bits per heavy atom. The number of carboxylic acids is 1. The van der Waals surface area contributed by atoms with Gasteiger partial charge in [0.25, 0.3) is 5.91 Å². The average Bonchev–Trinajstić information content (AvgIpc) is 2.28. The summed E-state index contributed by atoms with van der Waals surface area (Å²) in [5.41, 5.74) is -0.183. The topological polar surface area (TPSA) is 77.8 Å². The number of carbonyl (C=O) groups is 2. The number of rotatable bonds is 4. The molecule has 6 heteroatoms. The van der Waals surface area contributed by atoms with Gasteiger partial charge in [0.05, 0.1) is 12.0 Å². The van der Waals surface area contributed by atoms with E-state index in [-0.39, 0.29) is 24.3 Å². The van der Waals surface area contributed by atoms with E-state index in [0.29, 0.717) is 0 Å². The van der Waals surface area contributed by atoms with Crippen LogP contribution in [-0.4, -0.2) is 40.6 Å². The van der Waals surface area contributed by atoms with Crippen molar-refractivity contribution in [3.63, 3.8) is 0 Å². The Kier molecular flexibility index (Phi) is 4.03. The molecule has 5 nitrogen and oxygen atoms in total. The zero-order chi connectivity index (χ0) is 13.0. The maximum Gasteiger partial charge on any atom is 0.305 e. The number of hydrogen-bond donors (Lipinski definition) is 2. The van der Waals surface area contributed by atoms with Crippen LogP contribution in [0.3, 0.4) is 0 Å². The van der Waals surface area contributed by atoms with E-state index in [9.17, 15) is 19.1 Å². The molecule has 0 radical (unpaired) electrons. The summed E-state index contributed by atoms with van der Waals surface area (Å²) < 4.78 is 12.9. The summed E-state index contributed by atoms with van der Waals surface area (Å²) >= 11 is 0. The van der Waals surface area contributed by atoms with Gasteiger partial charge in [-0.2, -0.15) is 0 Å². The predicted octanol–water partition coefficient (Wildman–Crippen LogP) is 1.08. The molecule has 0 heterocycles. The Morgan fingerprint density at radius 3 is 2.65 bits per heavy atom. The van der Waals surface area contributed by atoms with Gasteiger partial charge < -0.3 is 15.1 Å². The molecule has 0 saturated heterocycles. The van der Waals surface area contributed by atoms with Crippen LogP contribution >= 0.6 is 0 Å². The minimum Gasteiger partial charge on any atom is -0.507 e. The zero-order valence-corrected chi connectivity index (χ0v) is 9.18. The maximum atomic E-state index is 12.9. The smallest absolute Gasteiger partial charge is 0.305 e. The largest absolute Gasteiger partial charge is 0.507 e.